The summed E-state index contributed by atoms with van der Waals surface area (Å²) in [6.45, 7) is 4.15. The molecule has 5 aromatic rings. The highest BCUT2D eigenvalue weighted by Gasteiger charge is 2.14. The summed E-state index contributed by atoms with van der Waals surface area (Å²) < 4.78 is 13.6. The molecule has 190 valence electrons. The molecule has 7 nitrogen and oxygen atoms in total. The third-order valence-electron chi connectivity index (χ3n) is 5.75. The molecular formula is C29H24FN5O2S. The fourth-order valence-electron chi connectivity index (χ4n) is 3.77. The highest BCUT2D eigenvalue weighted by Crippen LogP contribution is 2.38. The minimum Gasteiger partial charge on any atom is -0.508 e. The molecule has 0 aliphatic rings. The van der Waals surface area contributed by atoms with Gasteiger partial charge in [0.1, 0.15) is 23.7 Å². The maximum absolute atomic E-state index is 13.6. The normalized spacial score (nSPS) is 11.1. The molecule has 2 heterocycles. The lowest BCUT2D eigenvalue weighted by atomic mass is 10.1. The number of hydrogen-bond donors (Lipinski definition) is 3. The van der Waals surface area contributed by atoms with E-state index in [0.29, 0.717) is 22.8 Å². The number of phenolic OH excluding ortho intramolecular Hbond substituents is 1. The van der Waals surface area contributed by atoms with Crippen molar-refractivity contribution >= 4 is 45.9 Å². The van der Waals surface area contributed by atoms with Crippen molar-refractivity contribution in [1.82, 2.24) is 15.0 Å². The van der Waals surface area contributed by atoms with Crippen LogP contribution in [-0.4, -0.2) is 26.0 Å². The number of rotatable bonds is 7. The van der Waals surface area contributed by atoms with Crippen LogP contribution < -0.4 is 10.6 Å². The molecule has 0 aliphatic carbocycles. The number of aromatic nitrogens is 3. The molecule has 0 radical (unpaired) electrons. The van der Waals surface area contributed by atoms with E-state index >= 15 is 0 Å². The summed E-state index contributed by atoms with van der Waals surface area (Å²) in [7, 11) is 0. The lowest BCUT2D eigenvalue weighted by Gasteiger charge is -2.15. The number of anilines is 3. The van der Waals surface area contributed by atoms with E-state index < -0.39 is 11.7 Å². The third kappa shape index (κ3) is 5.73. The van der Waals surface area contributed by atoms with Crippen molar-refractivity contribution in [3.8, 4) is 5.75 Å². The first kappa shape index (κ1) is 25.2. The Bertz CT molecular complexity index is 1630. The largest absolute Gasteiger partial charge is 0.508 e. The molecule has 3 aromatic carbocycles. The molecule has 0 atom stereocenters. The number of nitrogens with one attached hydrogen (secondary N) is 2. The zero-order valence-corrected chi connectivity index (χ0v) is 21.5. The molecule has 1 amide bonds. The van der Waals surface area contributed by atoms with Gasteiger partial charge in [0.15, 0.2) is 5.65 Å². The Labute approximate surface area is 223 Å². The molecule has 0 bridgehead atoms. The van der Waals surface area contributed by atoms with Gasteiger partial charge in [0.2, 0.25) is 0 Å². The lowest BCUT2D eigenvalue weighted by Crippen LogP contribution is -2.12. The summed E-state index contributed by atoms with van der Waals surface area (Å²) >= 11 is 1.48. The van der Waals surface area contributed by atoms with Crippen LogP contribution in [0.3, 0.4) is 0 Å². The number of benzene rings is 3. The number of phenols is 1. The first-order valence-electron chi connectivity index (χ1n) is 11.9. The Kier molecular flexibility index (Phi) is 7.19. The topological polar surface area (TPSA) is 100 Å². The predicted octanol–water partition coefficient (Wildman–Crippen LogP) is 7.14. The first-order valence-corrected chi connectivity index (χ1v) is 12.7. The minimum atomic E-state index is -0.481. The Morgan fingerprint density at radius 2 is 1.79 bits per heavy atom. The van der Waals surface area contributed by atoms with Crippen LogP contribution in [0.15, 0.2) is 95.0 Å². The number of nitrogens with zero attached hydrogens (tertiary/aromatic N) is 3. The zero-order valence-electron chi connectivity index (χ0n) is 20.6. The maximum Gasteiger partial charge on any atom is 0.255 e. The van der Waals surface area contributed by atoms with Crippen LogP contribution in [0, 0.1) is 5.82 Å². The quantitative estimate of drug-likeness (QED) is 0.208. The van der Waals surface area contributed by atoms with Gasteiger partial charge in [-0.1, -0.05) is 31.7 Å². The molecule has 0 aliphatic heterocycles. The number of fused-ring (bicyclic) bond motifs is 1. The molecule has 0 saturated carbocycles. The second kappa shape index (κ2) is 10.9. The van der Waals surface area contributed by atoms with Crippen molar-refractivity contribution in [3.05, 3.63) is 102 Å². The van der Waals surface area contributed by atoms with Crippen LogP contribution in [0.1, 0.15) is 35.8 Å². The van der Waals surface area contributed by atoms with Crippen molar-refractivity contribution < 1.29 is 14.3 Å². The minimum absolute atomic E-state index is 0.184. The molecule has 0 unspecified atom stereocenters. The molecular weight excluding hydrogens is 501 g/mol. The SMILES string of the molecule is CC(C)c1ccc2c(Nc3cc(NC(=O)c4cccc(F)c4)ccc3Sc3ccc(O)cc3)ncnc2n1. The summed E-state index contributed by atoms with van der Waals surface area (Å²) in [5, 5.41) is 16.6. The van der Waals surface area contributed by atoms with Gasteiger partial charge in [-0.25, -0.2) is 19.3 Å². The van der Waals surface area contributed by atoms with Gasteiger partial charge in [-0.2, -0.15) is 0 Å². The maximum atomic E-state index is 13.6. The van der Waals surface area contributed by atoms with Crippen LogP contribution >= 0.6 is 11.8 Å². The Morgan fingerprint density at radius 1 is 0.974 bits per heavy atom. The Hall–Kier alpha value is -4.50. The smallest absolute Gasteiger partial charge is 0.255 e. The number of amides is 1. The summed E-state index contributed by atoms with van der Waals surface area (Å²) in [6.07, 6.45) is 1.46. The Balaban J connectivity index is 1.51. The van der Waals surface area contributed by atoms with Crippen molar-refractivity contribution in [3.63, 3.8) is 0 Å². The van der Waals surface area contributed by atoms with E-state index in [-0.39, 0.29) is 17.2 Å². The summed E-state index contributed by atoms with van der Waals surface area (Å²) in [5.74, 6) is 0.109. The summed E-state index contributed by atoms with van der Waals surface area (Å²) in [5.41, 5.74) is 2.95. The number of aromatic hydroxyl groups is 1. The van der Waals surface area contributed by atoms with E-state index in [2.05, 4.69) is 39.4 Å². The van der Waals surface area contributed by atoms with E-state index in [4.69, 9.17) is 0 Å². The highest BCUT2D eigenvalue weighted by molar-refractivity contribution is 7.99. The van der Waals surface area contributed by atoms with E-state index in [0.717, 1.165) is 20.9 Å². The summed E-state index contributed by atoms with van der Waals surface area (Å²) in [6, 6.07) is 21.8. The number of pyridine rings is 1. The first-order chi connectivity index (χ1) is 18.4. The van der Waals surface area contributed by atoms with Gasteiger partial charge in [0, 0.05) is 26.7 Å². The molecule has 0 saturated heterocycles. The van der Waals surface area contributed by atoms with Gasteiger partial charge in [0.05, 0.1) is 11.1 Å². The van der Waals surface area contributed by atoms with Gasteiger partial charge >= 0.3 is 0 Å². The second-order valence-corrected chi connectivity index (χ2v) is 10.00. The fourth-order valence-corrected chi connectivity index (χ4v) is 4.66. The number of halogens is 1. The van der Waals surface area contributed by atoms with E-state index in [1.54, 1.807) is 30.3 Å². The third-order valence-corrected chi connectivity index (χ3v) is 6.84. The van der Waals surface area contributed by atoms with Gasteiger partial charge in [0.25, 0.3) is 5.91 Å². The number of carbonyl (C=O) groups excluding carboxylic acids is 1. The van der Waals surface area contributed by atoms with Crippen LogP contribution in [0.2, 0.25) is 0 Å². The fraction of sp³-hybridized carbons (Fsp3) is 0.103. The monoisotopic (exact) mass is 525 g/mol. The second-order valence-electron chi connectivity index (χ2n) is 8.88. The van der Waals surface area contributed by atoms with Crippen LogP contribution in [0.5, 0.6) is 5.75 Å². The predicted molar refractivity (Wildman–Crippen MR) is 148 cm³/mol. The summed E-state index contributed by atoms with van der Waals surface area (Å²) in [4.78, 5) is 28.0. The van der Waals surface area contributed by atoms with Crippen LogP contribution in [0.4, 0.5) is 21.6 Å². The van der Waals surface area contributed by atoms with Gasteiger partial charge in [-0.05, 0) is 78.7 Å². The van der Waals surface area contributed by atoms with E-state index in [1.165, 1.54) is 36.3 Å². The molecule has 38 heavy (non-hydrogen) atoms. The van der Waals surface area contributed by atoms with Crippen molar-refractivity contribution in [2.45, 2.75) is 29.6 Å². The zero-order chi connectivity index (χ0) is 26.6. The highest BCUT2D eigenvalue weighted by atomic mass is 32.2. The molecule has 9 heteroatoms. The molecule has 0 fully saturated rings. The molecule has 5 rings (SSSR count). The lowest BCUT2D eigenvalue weighted by molar-refractivity contribution is 0.102. The van der Waals surface area contributed by atoms with Crippen LogP contribution in [-0.2, 0) is 0 Å². The van der Waals surface area contributed by atoms with Gasteiger partial charge in [-0.15, -0.1) is 0 Å². The van der Waals surface area contributed by atoms with Crippen molar-refractivity contribution in [2.24, 2.45) is 0 Å². The molecule has 0 spiro atoms. The van der Waals surface area contributed by atoms with Gasteiger partial charge < -0.3 is 15.7 Å². The standard InChI is InChI=1S/C29H24FN5O2S/c1-17(2)24-12-11-23-27(34-24)31-16-32-28(23)35-25-15-20(33-29(37)18-4-3-5-19(30)14-18)6-13-26(25)38-22-9-7-21(36)8-10-22/h3-17,36H,1-2H3,(H,33,37)(H,31,32,34,35). The van der Waals surface area contributed by atoms with Crippen molar-refractivity contribution in [1.29, 1.82) is 0 Å². The number of carbonyl (C=O) groups is 1. The van der Waals surface area contributed by atoms with E-state index in [1.807, 2.05) is 30.3 Å². The average molecular weight is 526 g/mol. The van der Waals surface area contributed by atoms with E-state index in [9.17, 15) is 14.3 Å². The number of hydrogen-bond acceptors (Lipinski definition) is 7. The Morgan fingerprint density at radius 3 is 2.55 bits per heavy atom. The molecule has 2 aromatic heterocycles. The van der Waals surface area contributed by atoms with Crippen molar-refractivity contribution in [2.75, 3.05) is 10.6 Å². The molecule has 3 N–H and O–H groups in total. The van der Waals surface area contributed by atoms with Gasteiger partial charge in [-0.3, -0.25) is 4.79 Å². The average Bonchev–Trinajstić information content (AvgIpc) is 2.91. The van der Waals surface area contributed by atoms with Crippen LogP contribution in [0.25, 0.3) is 11.0 Å².